The number of benzene rings is 2. The number of amides is 1. The lowest BCUT2D eigenvalue weighted by Gasteiger charge is -2.61. The number of fused-ring (bicyclic) bond motifs is 2. The van der Waals surface area contributed by atoms with E-state index in [2.05, 4.69) is 16.0 Å². The van der Waals surface area contributed by atoms with Crippen LogP contribution in [-0.4, -0.2) is 83.5 Å². The third kappa shape index (κ3) is 4.54. The van der Waals surface area contributed by atoms with E-state index >= 15 is 4.39 Å². The van der Waals surface area contributed by atoms with Crippen LogP contribution < -0.4 is 9.80 Å². The summed E-state index contributed by atoms with van der Waals surface area (Å²) in [4.78, 5) is 28.3. The van der Waals surface area contributed by atoms with Gasteiger partial charge < -0.3 is 29.6 Å². The zero-order valence-corrected chi connectivity index (χ0v) is 25.7. The molecule has 5 heterocycles. The topological polar surface area (TPSA) is 126 Å². The fourth-order valence-corrected chi connectivity index (χ4v) is 8.22. The van der Waals surface area contributed by atoms with E-state index in [4.69, 9.17) is 9.72 Å². The van der Waals surface area contributed by atoms with Gasteiger partial charge in [0.15, 0.2) is 10.9 Å². The Morgan fingerprint density at radius 3 is 2.59 bits per heavy atom. The minimum absolute atomic E-state index is 0.0727. The molecule has 2 aromatic carbocycles. The fourth-order valence-electron chi connectivity index (χ4n) is 7.36. The van der Waals surface area contributed by atoms with Crippen LogP contribution in [0.15, 0.2) is 36.4 Å². The largest absolute Gasteiger partial charge is 0.390 e. The Morgan fingerprint density at radius 1 is 1.13 bits per heavy atom. The molecule has 1 aliphatic carbocycles. The van der Waals surface area contributed by atoms with Crippen molar-refractivity contribution in [3.8, 4) is 17.3 Å². The van der Waals surface area contributed by atoms with Crippen molar-refractivity contribution in [2.75, 3.05) is 56.2 Å². The smallest absolute Gasteiger partial charge is 0.230 e. The molecule has 1 spiro atoms. The Bertz CT molecular complexity index is 1930. The van der Waals surface area contributed by atoms with Crippen molar-refractivity contribution in [1.29, 1.82) is 5.26 Å². The lowest BCUT2D eigenvalue weighted by atomic mass is 9.72. The number of carbonyl (C=O) groups is 1. The van der Waals surface area contributed by atoms with Crippen LogP contribution >= 0.6 is 11.3 Å². The molecule has 3 atom stereocenters. The van der Waals surface area contributed by atoms with Gasteiger partial charge in [-0.15, -0.1) is 0 Å². The van der Waals surface area contributed by atoms with E-state index in [1.807, 2.05) is 18.0 Å². The van der Waals surface area contributed by atoms with Crippen molar-refractivity contribution >= 4 is 44.7 Å². The number of hydrogen-bond donors (Lipinski definition) is 2. The highest BCUT2D eigenvalue weighted by Gasteiger charge is 2.54. The molecule has 3 fully saturated rings. The maximum Gasteiger partial charge on any atom is 0.230 e. The highest BCUT2D eigenvalue weighted by Crippen LogP contribution is 2.48. The quantitative estimate of drug-likeness (QED) is 0.333. The molecule has 1 unspecified atom stereocenters. The van der Waals surface area contributed by atoms with Gasteiger partial charge in [-0.05, 0) is 49.2 Å². The van der Waals surface area contributed by atoms with Gasteiger partial charge in [0.1, 0.15) is 28.0 Å². The number of hydrogen-bond acceptors (Lipinski definition) is 10. The molecule has 3 saturated heterocycles. The van der Waals surface area contributed by atoms with Crippen molar-refractivity contribution in [2.24, 2.45) is 11.3 Å². The van der Waals surface area contributed by atoms with Crippen LogP contribution in [0.1, 0.15) is 28.7 Å². The first-order chi connectivity index (χ1) is 22.1. The lowest BCUT2D eigenvalue weighted by Crippen LogP contribution is -2.73. The van der Waals surface area contributed by atoms with Crippen molar-refractivity contribution in [3.05, 3.63) is 64.2 Å². The number of pyridine rings is 1. The summed E-state index contributed by atoms with van der Waals surface area (Å²) in [6.07, 6.45) is -0.576. The van der Waals surface area contributed by atoms with E-state index in [1.165, 1.54) is 29.5 Å². The van der Waals surface area contributed by atoms with Gasteiger partial charge in [0, 0.05) is 60.8 Å². The number of rotatable bonds is 5. The average molecular weight is 645 g/mol. The van der Waals surface area contributed by atoms with Crippen LogP contribution in [0.3, 0.4) is 0 Å². The number of anilines is 3. The lowest BCUT2D eigenvalue weighted by molar-refractivity contribution is -0.152. The van der Waals surface area contributed by atoms with Crippen LogP contribution in [0.25, 0.3) is 22.2 Å². The molecular weight excluding hydrogens is 614 g/mol. The summed E-state index contributed by atoms with van der Waals surface area (Å²) in [5, 5.41) is 31.8. The van der Waals surface area contributed by atoms with Crippen LogP contribution in [-0.2, 0) is 16.0 Å². The Kier molecular flexibility index (Phi) is 6.77. The summed E-state index contributed by atoms with van der Waals surface area (Å²) in [5.41, 5.74) is 3.74. The molecule has 13 heteroatoms. The second kappa shape index (κ2) is 10.7. The Hall–Kier alpha value is -4.22. The van der Waals surface area contributed by atoms with E-state index in [9.17, 15) is 24.7 Å². The van der Waals surface area contributed by atoms with E-state index in [0.717, 1.165) is 5.56 Å². The maximum atomic E-state index is 15.9. The number of halogens is 2. The van der Waals surface area contributed by atoms with Gasteiger partial charge in [-0.1, -0.05) is 11.3 Å². The summed E-state index contributed by atoms with van der Waals surface area (Å²) in [6.45, 7) is 2.92. The molecule has 3 aliphatic heterocycles. The normalized spacial score (nSPS) is 22.9. The highest BCUT2D eigenvalue weighted by atomic mass is 32.1. The SMILES string of the molecule is CN(c1nc(-c2ccc(F)cc2)c(C#N)s1)c1c2c(nc3c(F)cc(N4CC5(CN(C(=O)C6COC[C@@H]6O)C5)C4)cc13)[C@H](O)CC2. The molecule has 2 N–H and O–H groups in total. The molecule has 0 saturated carbocycles. The Morgan fingerprint density at radius 2 is 1.89 bits per heavy atom. The van der Waals surface area contributed by atoms with Gasteiger partial charge >= 0.3 is 0 Å². The Labute approximate surface area is 267 Å². The van der Waals surface area contributed by atoms with Gasteiger partial charge in [-0.25, -0.2) is 18.7 Å². The molecule has 0 bridgehead atoms. The third-order valence-corrected chi connectivity index (χ3v) is 10.8. The molecule has 236 valence electrons. The number of nitrogens with zero attached hydrogens (tertiary/aromatic N) is 6. The van der Waals surface area contributed by atoms with E-state index in [1.54, 1.807) is 17.0 Å². The van der Waals surface area contributed by atoms with Crippen molar-refractivity contribution < 1.29 is 28.5 Å². The van der Waals surface area contributed by atoms with Gasteiger partial charge in [0.05, 0.1) is 42.7 Å². The highest BCUT2D eigenvalue weighted by molar-refractivity contribution is 7.16. The van der Waals surface area contributed by atoms with Crippen LogP contribution in [0.5, 0.6) is 0 Å². The monoisotopic (exact) mass is 644 g/mol. The van der Waals surface area contributed by atoms with Crippen LogP contribution in [0.2, 0.25) is 0 Å². The summed E-state index contributed by atoms with van der Waals surface area (Å²) in [7, 11) is 1.81. The molecular formula is C33H30F2N6O4S. The predicted molar refractivity (Wildman–Crippen MR) is 167 cm³/mol. The third-order valence-electron chi connectivity index (χ3n) is 9.72. The molecule has 2 aromatic heterocycles. The second-order valence-electron chi connectivity index (χ2n) is 12.8. The predicted octanol–water partition coefficient (Wildman–Crippen LogP) is 3.91. The molecule has 8 rings (SSSR count). The minimum atomic E-state index is -0.817. The van der Waals surface area contributed by atoms with Gasteiger partial charge in [0.25, 0.3) is 0 Å². The summed E-state index contributed by atoms with van der Waals surface area (Å²) in [5.74, 6) is -1.49. The number of carbonyl (C=O) groups excluding carboxylic acids is 1. The van der Waals surface area contributed by atoms with Crippen molar-refractivity contribution in [3.63, 3.8) is 0 Å². The second-order valence-corrected chi connectivity index (χ2v) is 13.8. The minimum Gasteiger partial charge on any atom is -0.390 e. The number of nitriles is 1. The number of ether oxygens (including phenoxy) is 1. The summed E-state index contributed by atoms with van der Waals surface area (Å²) >= 11 is 1.19. The number of likely N-dealkylation sites (tertiary alicyclic amines) is 1. The molecule has 10 nitrogen and oxygen atoms in total. The first kappa shape index (κ1) is 29.2. The standard InChI is InChI=1S/C33H30F2N6O4S/c1-39(32-38-27(26(10-36)46-32)17-2-4-18(34)5-3-17)30-20-6-7-24(42)29(20)37-28-21(30)8-19(9-23(28)35)40-13-33(14-40)15-41(16-33)31(44)22-11-45-12-25(22)43/h2-5,8-9,22,24-25,42-43H,6-7,11-16H2,1H3/t22?,24-,25+/m1/s1. The number of aliphatic hydroxyl groups is 2. The number of aromatic nitrogens is 2. The van der Waals surface area contributed by atoms with Gasteiger partial charge in [-0.2, -0.15) is 5.26 Å². The van der Waals surface area contributed by atoms with Crippen LogP contribution in [0, 0.1) is 34.3 Å². The van der Waals surface area contributed by atoms with Crippen LogP contribution in [0.4, 0.5) is 25.3 Å². The van der Waals surface area contributed by atoms with Gasteiger partial charge in [0.2, 0.25) is 5.91 Å². The molecule has 46 heavy (non-hydrogen) atoms. The molecule has 0 radical (unpaired) electrons. The molecule has 4 aliphatic rings. The van der Waals surface area contributed by atoms with Crippen molar-refractivity contribution in [1.82, 2.24) is 14.9 Å². The molecule has 4 aromatic rings. The zero-order chi connectivity index (χ0) is 31.9. The average Bonchev–Trinajstić information content (AvgIpc) is 3.73. The molecule has 1 amide bonds. The maximum absolute atomic E-state index is 15.9. The van der Waals surface area contributed by atoms with Gasteiger partial charge in [-0.3, -0.25) is 4.79 Å². The Balaban J connectivity index is 1.12. The number of thiazole rings is 1. The fraction of sp³-hybridized carbons (Fsp3) is 0.394. The first-order valence-corrected chi connectivity index (χ1v) is 16.0. The van der Waals surface area contributed by atoms with E-state index < -0.39 is 23.9 Å². The van der Waals surface area contributed by atoms with Crippen molar-refractivity contribution in [2.45, 2.75) is 25.0 Å². The zero-order valence-electron chi connectivity index (χ0n) is 24.9. The van der Waals surface area contributed by atoms with E-state index in [-0.39, 0.29) is 35.9 Å². The number of aliphatic hydroxyl groups excluding tert-OH is 2. The summed E-state index contributed by atoms with van der Waals surface area (Å²) in [6, 6.07) is 11.4. The van der Waals surface area contributed by atoms with E-state index in [0.29, 0.717) is 82.7 Å². The summed E-state index contributed by atoms with van der Waals surface area (Å²) < 4.78 is 34.7. The first-order valence-electron chi connectivity index (χ1n) is 15.2.